The third-order valence-corrected chi connectivity index (χ3v) is 6.15. The van der Waals surface area contributed by atoms with E-state index in [9.17, 15) is 9.59 Å². The minimum Gasteiger partial charge on any atom is -0.497 e. The maximum absolute atomic E-state index is 13.7. The summed E-state index contributed by atoms with van der Waals surface area (Å²) in [7, 11) is 1.62. The predicted molar refractivity (Wildman–Crippen MR) is 144 cm³/mol. The number of carbonyl (C=O) groups excluding carboxylic acids is 2. The number of hydrogen-bond acceptors (Lipinski definition) is 4. The number of aromatic nitrogens is 1. The highest BCUT2D eigenvalue weighted by molar-refractivity contribution is 5.88. The van der Waals surface area contributed by atoms with Gasteiger partial charge in [0.25, 0.3) is 0 Å². The minimum atomic E-state index is -0.796. The molecule has 0 unspecified atom stereocenters. The van der Waals surface area contributed by atoms with Crippen LogP contribution in [0.4, 0.5) is 0 Å². The minimum absolute atomic E-state index is 0.0958. The van der Waals surface area contributed by atoms with Crippen molar-refractivity contribution in [2.45, 2.75) is 32.0 Å². The molecule has 0 aliphatic carbocycles. The van der Waals surface area contributed by atoms with Gasteiger partial charge in [-0.2, -0.15) is 0 Å². The average Bonchev–Trinajstić information content (AvgIpc) is 2.96. The van der Waals surface area contributed by atoms with E-state index in [1.807, 2.05) is 103 Å². The lowest BCUT2D eigenvalue weighted by atomic mass is 10.0. The molecule has 0 fully saturated rings. The summed E-state index contributed by atoms with van der Waals surface area (Å²) in [5.41, 5.74) is 3.49. The maximum Gasteiger partial charge on any atom is 0.247 e. The van der Waals surface area contributed by atoms with E-state index < -0.39 is 6.04 Å². The molecule has 188 valence electrons. The number of hydrogen-bond donors (Lipinski definition) is 1. The summed E-state index contributed by atoms with van der Waals surface area (Å²) >= 11 is 0. The molecule has 3 aromatic carbocycles. The van der Waals surface area contributed by atoms with Gasteiger partial charge in [-0.25, -0.2) is 0 Å². The van der Waals surface area contributed by atoms with Gasteiger partial charge in [-0.1, -0.05) is 78.9 Å². The number of benzene rings is 3. The lowest BCUT2D eigenvalue weighted by molar-refractivity contribution is -0.141. The fourth-order valence-electron chi connectivity index (χ4n) is 4.18. The molecule has 2 amide bonds. The zero-order chi connectivity index (χ0) is 25.9. The Hall–Kier alpha value is -4.45. The van der Waals surface area contributed by atoms with Gasteiger partial charge in [0.05, 0.1) is 19.3 Å². The number of carbonyl (C=O) groups is 2. The first-order valence-corrected chi connectivity index (χ1v) is 12.3. The normalized spacial score (nSPS) is 11.4. The van der Waals surface area contributed by atoms with Crippen LogP contribution in [-0.2, 0) is 29.1 Å². The van der Waals surface area contributed by atoms with Gasteiger partial charge in [0, 0.05) is 19.2 Å². The molecule has 1 N–H and O–H groups in total. The highest BCUT2D eigenvalue weighted by Gasteiger charge is 2.31. The van der Waals surface area contributed by atoms with E-state index in [-0.39, 0.29) is 31.3 Å². The van der Waals surface area contributed by atoms with Crippen molar-refractivity contribution in [1.82, 2.24) is 15.2 Å². The van der Waals surface area contributed by atoms with Crippen molar-refractivity contribution in [2.24, 2.45) is 0 Å². The Morgan fingerprint density at radius 3 is 2.16 bits per heavy atom. The first-order valence-electron chi connectivity index (χ1n) is 12.3. The van der Waals surface area contributed by atoms with Gasteiger partial charge in [-0.15, -0.1) is 0 Å². The summed E-state index contributed by atoms with van der Waals surface area (Å²) in [5, 5.41) is 3.00. The molecule has 37 heavy (non-hydrogen) atoms. The van der Waals surface area contributed by atoms with E-state index >= 15 is 0 Å². The third kappa shape index (κ3) is 7.27. The van der Waals surface area contributed by atoms with E-state index in [4.69, 9.17) is 4.74 Å². The number of rotatable bonds is 11. The van der Waals surface area contributed by atoms with Gasteiger partial charge in [0.2, 0.25) is 11.8 Å². The van der Waals surface area contributed by atoms with Crippen LogP contribution in [0.1, 0.15) is 34.8 Å². The Morgan fingerprint density at radius 1 is 0.838 bits per heavy atom. The molecule has 4 rings (SSSR count). The van der Waals surface area contributed by atoms with Gasteiger partial charge in [-0.05, 0) is 47.4 Å². The highest BCUT2D eigenvalue weighted by Crippen LogP contribution is 2.26. The number of ether oxygens (including phenoxy) is 1. The second kappa shape index (κ2) is 13.0. The summed E-state index contributed by atoms with van der Waals surface area (Å²) in [6, 6.07) is 31.7. The van der Waals surface area contributed by atoms with Crippen LogP contribution in [0.15, 0.2) is 109 Å². The summed E-state index contributed by atoms with van der Waals surface area (Å²) in [6.07, 6.45) is 2.58. The zero-order valence-corrected chi connectivity index (χ0v) is 20.9. The van der Waals surface area contributed by atoms with Crippen LogP contribution in [0.5, 0.6) is 5.75 Å². The van der Waals surface area contributed by atoms with Crippen molar-refractivity contribution in [2.75, 3.05) is 7.11 Å². The van der Waals surface area contributed by atoms with Crippen LogP contribution < -0.4 is 10.1 Å². The molecule has 1 atom stereocenters. The summed E-state index contributed by atoms with van der Waals surface area (Å²) in [6.45, 7) is 0.561. The Bertz CT molecular complexity index is 1260. The maximum atomic E-state index is 13.7. The molecule has 6 heteroatoms. The number of pyridine rings is 1. The van der Waals surface area contributed by atoms with E-state index in [0.717, 1.165) is 28.1 Å². The van der Waals surface area contributed by atoms with Crippen LogP contribution in [0, 0.1) is 0 Å². The number of nitrogens with zero attached hydrogens (tertiary/aromatic N) is 2. The lowest BCUT2D eigenvalue weighted by Crippen LogP contribution is -2.43. The van der Waals surface area contributed by atoms with E-state index in [1.165, 1.54) is 0 Å². The van der Waals surface area contributed by atoms with E-state index in [1.54, 1.807) is 18.2 Å². The number of nitrogens with one attached hydrogen (secondary N) is 1. The van der Waals surface area contributed by atoms with Crippen molar-refractivity contribution < 1.29 is 14.3 Å². The molecule has 0 radical (unpaired) electrons. The van der Waals surface area contributed by atoms with Crippen molar-refractivity contribution in [3.8, 4) is 5.75 Å². The molecule has 0 saturated heterocycles. The van der Waals surface area contributed by atoms with Gasteiger partial charge in [0.15, 0.2) is 0 Å². The Labute approximate surface area is 217 Å². The van der Waals surface area contributed by atoms with Crippen LogP contribution in [0.2, 0.25) is 0 Å². The molecular formula is C31H31N3O3. The summed E-state index contributed by atoms with van der Waals surface area (Å²) in [4.78, 5) is 33.4. The first-order chi connectivity index (χ1) is 18.1. The molecule has 6 nitrogen and oxygen atoms in total. The monoisotopic (exact) mass is 493 g/mol. The predicted octanol–water partition coefficient (Wildman–Crippen LogP) is 5.11. The van der Waals surface area contributed by atoms with Crippen molar-refractivity contribution >= 4 is 11.8 Å². The second-order valence-electron chi connectivity index (χ2n) is 8.71. The average molecular weight is 494 g/mol. The SMILES string of the molecule is COc1ccc(CN(C(=O)CCc2ccccc2)[C@H](C(=O)NCc2ccccn2)c2ccccc2)cc1. The fourth-order valence-corrected chi connectivity index (χ4v) is 4.18. The van der Waals surface area contributed by atoms with E-state index in [0.29, 0.717) is 6.42 Å². The van der Waals surface area contributed by atoms with Gasteiger partial charge < -0.3 is 15.0 Å². The molecule has 0 aliphatic heterocycles. The Morgan fingerprint density at radius 2 is 1.51 bits per heavy atom. The topological polar surface area (TPSA) is 71.5 Å². The van der Waals surface area contributed by atoms with Crippen LogP contribution in [0.3, 0.4) is 0 Å². The molecule has 0 bridgehead atoms. The molecule has 1 heterocycles. The molecule has 4 aromatic rings. The molecular weight excluding hydrogens is 462 g/mol. The number of aryl methyl sites for hydroxylation is 1. The zero-order valence-electron chi connectivity index (χ0n) is 20.9. The van der Waals surface area contributed by atoms with Gasteiger partial charge in [0.1, 0.15) is 11.8 Å². The van der Waals surface area contributed by atoms with Crippen molar-refractivity contribution in [3.63, 3.8) is 0 Å². The Kier molecular flexibility index (Phi) is 9.02. The van der Waals surface area contributed by atoms with Gasteiger partial charge in [-0.3, -0.25) is 14.6 Å². The standard InChI is InChI=1S/C31H31N3O3/c1-37-28-18-15-25(16-19-28)23-34(29(35)20-17-24-10-4-2-5-11-24)30(26-12-6-3-7-13-26)31(36)33-22-27-14-8-9-21-32-27/h2-16,18-19,21,30H,17,20,22-23H2,1H3,(H,33,36)/t30-/m0/s1. The third-order valence-electron chi connectivity index (χ3n) is 6.15. The Balaban J connectivity index is 1.63. The molecule has 1 aromatic heterocycles. The highest BCUT2D eigenvalue weighted by atomic mass is 16.5. The molecule has 0 aliphatic rings. The van der Waals surface area contributed by atoms with Crippen LogP contribution >= 0.6 is 0 Å². The second-order valence-corrected chi connectivity index (χ2v) is 8.71. The summed E-state index contributed by atoms with van der Waals surface area (Å²) in [5.74, 6) is 0.387. The fraction of sp³-hybridized carbons (Fsp3) is 0.194. The number of methoxy groups -OCH3 is 1. The van der Waals surface area contributed by atoms with Crippen molar-refractivity contribution in [3.05, 3.63) is 132 Å². The first kappa shape index (κ1) is 25.6. The van der Waals surface area contributed by atoms with Gasteiger partial charge >= 0.3 is 0 Å². The molecule has 0 spiro atoms. The lowest BCUT2D eigenvalue weighted by Gasteiger charge is -2.32. The smallest absolute Gasteiger partial charge is 0.247 e. The van der Waals surface area contributed by atoms with Crippen LogP contribution in [-0.4, -0.2) is 28.8 Å². The van der Waals surface area contributed by atoms with E-state index in [2.05, 4.69) is 10.3 Å². The van der Waals surface area contributed by atoms with Crippen LogP contribution in [0.25, 0.3) is 0 Å². The quantitative estimate of drug-likeness (QED) is 0.315. The van der Waals surface area contributed by atoms with Crippen molar-refractivity contribution in [1.29, 1.82) is 0 Å². The number of amides is 2. The molecule has 0 saturated carbocycles. The largest absolute Gasteiger partial charge is 0.497 e. The summed E-state index contributed by atoms with van der Waals surface area (Å²) < 4.78 is 5.29.